The Balaban J connectivity index is 2.25. The molecule has 20 heavy (non-hydrogen) atoms. The average molecular weight is 311 g/mol. The lowest BCUT2D eigenvalue weighted by Gasteiger charge is -2.25. The molecule has 2 rings (SSSR count). The van der Waals surface area contributed by atoms with Gasteiger partial charge in [0.2, 0.25) is 5.78 Å². The Morgan fingerprint density at radius 1 is 1.20 bits per heavy atom. The van der Waals surface area contributed by atoms with Crippen LogP contribution in [0.2, 0.25) is 10.0 Å². The van der Waals surface area contributed by atoms with Crippen LogP contribution in [0.15, 0.2) is 36.9 Å². The molecular weight excluding hydrogens is 299 g/mol. The summed E-state index contributed by atoms with van der Waals surface area (Å²) >= 11 is 11.9. The van der Waals surface area contributed by atoms with Gasteiger partial charge in [0.25, 0.3) is 0 Å². The fourth-order valence-electron chi connectivity index (χ4n) is 1.64. The molecule has 0 amide bonds. The Morgan fingerprint density at radius 2 is 1.85 bits per heavy atom. The van der Waals surface area contributed by atoms with Gasteiger partial charge in [-0.2, -0.15) is 0 Å². The Morgan fingerprint density at radius 3 is 2.45 bits per heavy atom. The topological polar surface area (TPSA) is 52.1 Å². The summed E-state index contributed by atoms with van der Waals surface area (Å²) in [6.07, 6.45) is 4.26. The number of aromatic nitrogens is 2. The number of halogens is 2. The molecule has 0 radical (unpaired) electrons. The highest BCUT2D eigenvalue weighted by Gasteiger charge is 2.32. The lowest BCUT2D eigenvalue weighted by atomic mass is 9.98. The van der Waals surface area contributed by atoms with Gasteiger partial charge < -0.3 is 4.74 Å². The number of carbonyl (C=O) groups is 1. The molecule has 104 valence electrons. The number of carbonyl (C=O) groups excluding carboxylic acids is 1. The third kappa shape index (κ3) is 3.26. The minimum absolute atomic E-state index is 0.232. The second kappa shape index (κ2) is 5.77. The molecule has 0 saturated carbocycles. The molecule has 1 aromatic carbocycles. The second-order valence-electron chi connectivity index (χ2n) is 4.64. The van der Waals surface area contributed by atoms with Crippen LogP contribution in [0.3, 0.4) is 0 Å². The lowest BCUT2D eigenvalue weighted by molar-refractivity contribution is 0.0584. The van der Waals surface area contributed by atoms with E-state index in [-0.39, 0.29) is 5.78 Å². The van der Waals surface area contributed by atoms with E-state index in [1.165, 1.54) is 18.7 Å². The monoisotopic (exact) mass is 310 g/mol. The van der Waals surface area contributed by atoms with Gasteiger partial charge in [0, 0.05) is 17.4 Å². The maximum absolute atomic E-state index is 12.4. The first-order chi connectivity index (χ1) is 9.40. The van der Waals surface area contributed by atoms with Crippen LogP contribution in [0.1, 0.15) is 24.2 Å². The highest BCUT2D eigenvalue weighted by atomic mass is 35.5. The van der Waals surface area contributed by atoms with Crippen LogP contribution in [0, 0.1) is 0 Å². The van der Waals surface area contributed by atoms with Crippen molar-refractivity contribution >= 4 is 29.0 Å². The maximum atomic E-state index is 12.4. The normalized spacial score (nSPS) is 11.2. The lowest BCUT2D eigenvalue weighted by Crippen LogP contribution is -2.38. The number of Topliss-reactive ketones (excluding diaryl/α,β-unsaturated/α-hetero) is 1. The molecule has 6 heteroatoms. The Hall–Kier alpha value is -1.65. The van der Waals surface area contributed by atoms with Gasteiger partial charge in [-0.05, 0) is 32.0 Å². The molecule has 1 aromatic heterocycles. The molecule has 1 heterocycles. The zero-order valence-corrected chi connectivity index (χ0v) is 12.4. The standard InChI is InChI=1S/C14H12Cl2N2O2/c1-14(2,13(19)9-6-17-8-18-7-9)20-12-4-3-10(15)5-11(12)16/h3-8H,1-2H3. The Labute approximate surface area is 126 Å². The third-order valence-electron chi connectivity index (χ3n) is 2.63. The van der Waals surface area contributed by atoms with Crippen molar-refractivity contribution in [3.05, 3.63) is 52.5 Å². The van der Waals surface area contributed by atoms with Crippen molar-refractivity contribution in [2.24, 2.45) is 0 Å². The summed E-state index contributed by atoms with van der Waals surface area (Å²) in [5, 5.41) is 0.852. The molecule has 0 N–H and O–H groups in total. The predicted molar refractivity (Wildman–Crippen MR) is 77.5 cm³/mol. The van der Waals surface area contributed by atoms with Crippen LogP contribution in [-0.2, 0) is 0 Å². The van der Waals surface area contributed by atoms with Gasteiger partial charge in [0.05, 0.1) is 10.6 Å². The quantitative estimate of drug-likeness (QED) is 0.805. The van der Waals surface area contributed by atoms with Gasteiger partial charge in [0.1, 0.15) is 12.1 Å². The summed E-state index contributed by atoms with van der Waals surface area (Å²) in [5.41, 5.74) is -0.718. The molecule has 4 nitrogen and oxygen atoms in total. The van der Waals surface area contributed by atoms with E-state index in [4.69, 9.17) is 27.9 Å². The zero-order chi connectivity index (χ0) is 14.8. The van der Waals surface area contributed by atoms with Crippen LogP contribution in [-0.4, -0.2) is 21.4 Å². The van der Waals surface area contributed by atoms with Gasteiger partial charge in [-0.15, -0.1) is 0 Å². The van der Waals surface area contributed by atoms with Gasteiger partial charge >= 0.3 is 0 Å². The van der Waals surface area contributed by atoms with Crippen LogP contribution < -0.4 is 4.74 Å². The molecule has 0 spiro atoms. The van der Waals surface area contributed by atoms with E-state index >= 15 is 0 Å². The van der Waals surface area contributed by atoms with Crippen LogP contribution in [0.25, 0.3) is 0 Å². The summed E-state index contributed by atoms with van der Waals surface area (Å²) < 4.78 is 5.71. The van der Waals surface area contributed by atoms with Crippen molar-refractivity contribution in [3.63, 3.8) is 0 Å². The summed E-state index contributed by atoms with van der Waals surface area (Å²) in [4.78, 5) is 20.0. The molecule has 0 fully saturated rings. The van der Waals surface area contributed by atoms with Crippen molar-refractivity contribution in [3.8, 4) is 5.75 Å². The Bertz CT molecular complexity index is 630. The van der Waals surface area contributed by atoms with E-state index < -0.39 is 5.60 Å². The first kappa shape index (κ1) is 14.8. The highest BCUT2D eigenvalue weighted by Crippen LogP contribution is 2.31. The number of ketones is 1. The molecule has 0 aliphatic rings. The van der Waals surface area contributed by atoms with Gasteiger partial charge in [-0.3, -0.25) is 4.79 Å². The molecular formula is C14H12Cl2N2O2. The Kier molecular flexibility index (Phi) is 4.26. The minimum atomic E-state index is -1.10. The number of nitrogens with zero attached hydrogens (tertiary/aromatic N) is 2. The van der Waals surface area contributed by atoms with Crippen molar-refractivity contribution in [1.29, 1.82) is 0 Å². The van der Waals surface area contributed by atoms with Crippen LogP contribution in [0.5, 0.6) is 5.75 Å². The summed E-state index contributed by atoms with van der Waals surface area (Å²) in [7, 11) is 0. The molecule has 0 atom stereocenters. The highest BCUT2D eigenvalue weighted by molar-refractivity contribution is 6.35. The molecule has 0 aliphatic carbocycles. The van der Waals surface area contributed by atoms with E-state index in [0.717, 1.165) is 0 Å². The SMILES string of the molecule is CC(C)(Oc1ccc(Cl)cc1Cl)C(=O)c1cncnc1. The van der Waals surface area contributed by atoms with E-state index in [9.17, 15) is 4.79 Å². The molecule has 0 saturated heterocycles. The van der Waals surface area contributed by atoms with Crippen molar-refractivity contribution in [2.75, 3.05) is 0 Å². The number of hydrogen-bond donors (Lipinski definition) is 0. The van der Waals surface area contributed by atoms with Crippen LogP contribution >= 0.6 is 23.2 Å². The first-order valence-corrected chi connectivity index (χ1v) is 6.59. The second-order valence-corrected chi connectivity index (χ2v) is 5.49. The molecule has 0 bridgehead atoms. The number of rotatable bonds is 4. The minimum Gasteiger partial charge on any atom is -0.478 e. The average Bonchev–Trinajstić information content (AvgIpc) is 2.42. The van der Waals surface area contributed by atoms with Crippen molar-refractivity contribution < 1.29 is 9.53 Å². The summed E-state index contributed by atoms with van der Waals surface area (Å²) in [5.74, 6) is 0.162. The van der Waals surface area contributed by atoms with E-state index in [0.29, 0.717) is 21.4 Å². The predicted octanol–water partition coefficient (Wildman–Crippen LogP) is 3.82. The largest absolute Gasteiger partial charge is 0.478 e. The maximum Gasteiger partial charge on any atom is 0.208 e. The molecule has 0 unspecified atom stereocenters. The van der Waals surface area contributed by atoms with E-state index in [2.05, 4.69) is 9.97 Å². The van der Waals surface area contributed by atoms with Crippen molar-refractivity contribution in [1.82, 2.24) is 9.97 Å². The third-order valence-corrected chi connectivity index (χ3v) is 3.16. The molecule has 2 aromatic rings. The molecule has 0 aliphatic heterocycles. The number of ether oxygens (including phenoxy) is 1. The summed E-state index contributed by atoms with van der Waals surface area (Å²) in [6, 6.07) is 4.83. The summed E-state index contributed by atoms with van der Waals surface area (Å²) in [6.45, 7) is 3.32. The van der Waals surface area contributed by atoms with E-state index in [1.807, 2.05) is 0 Å². The van der Waals surface area contributed by atoms with Crippen molar-refractivity contribution in [2.45, 2.75) is 19.4 Å². The van der Waals surface area contributed by atoms with Gasteiger partial charge in [0.15, 0.2) is 5.60 Å². The van der Waals surface area contributed by atoms with Gasteiger partial charge in [-0.1, -0.05) is 23.2 Å². The first-order valence-electron chi connectivity index (χ1n) is 5.84. The number of benzene rings is 1. The fourth-order valence-corrected chi connectivity index (χ4v) is 2.09. The smallest absolute Gasteiger partial charge is 0.208 e. The van der Waals surface area contributed by atoms with E-state index in [1.54, 1.807) is 32.0 Å². The van der Waals surface area contributed by atoms with Gasteiger partial charge in [-0.25, -0.2) is 9.97 Å². The number of hydrogen-bond acceptors (Lipinski definition) is 4. The van der Waals surface area contributed by atoms with Crippen LogP contribution in [0.4, 0.5) is 0 Å². The zero-order valence-electron chi connectivity index (χ0n) is 10.9. The fraction of sp³-hybridized carbons (Fsp3) is 0.214.